The normalized spacial score (nSPS) is 16.0. The van der Waals surface area contributed by atoms with Crippen LogP contribution in [0.4, 0.5) is 4.39 Å². The van der Waals surface area contributed by atoms with Crippen LogP contribution in [0.1, 0.15) is 41.4 Å². The zero-order valence-corrected chi connectivity index (χ0v) is 16.5. The van der Waals surface area contributed by atoms with E-state index in [0.29, 0.717) is 24.5 Å². The predicted molar refractivity (Wildman–Crippen MR) is 111 cm³/mol. The van der Waals surface area contributed by atoms with E-state index >= 15 is 0 Å². The molecule has 29 heavy (non-hydrogen) atoms. The van der Waals surface area contributed by atoms with Crippen LogP contribution >= 0.6 is 11.6 Å². The number of imidazole rings is 1. The van der Waals surface area contributed by atoms with Gasteiger partial charge in [0, 0.05) is 6.07 Å². The van der Waals surface area contributed by atoms with Gasteiger partial charge in [0.25, 0.3) is 0 Å². The van der Waals surface area contributed by atoms with Gasteiger partial charge in [-0.05, 0) is 37.0 Å². The molecule has 0 fully saturated rings. The molecule has 0 saturated heterocycles. The number of aromatic nitrogens is 2. The Labute approximate surface area is 173 Å². The molecular formula is C23H20ClFN2O2. The Morgan fingerprint density at radius 1 is 1.24 bits per heavy atom. The first-order chi connectivity index (χ1) is 14.2. The molecule has 1 unspecified atom stereocenters. The van der Waals surface area contributed by atoms with E-state index in [1.165, 1.54) is 6.07 Å². The van der Waals surface area contributed by atoms with Crippen molar-refractivity contribution in [3.05, 3.63) is 82.9 Å². The summed E-state index contributed by atoms with van der Waals surface area (Å²) in [6.45, 7) is 0.349. The van der Waals surface area contributed by atoms with Gasteiger partial charge in [-0.15, -0.1) is 0 Å². The predicted octanol–water partition coefficient (Wildman–Crippen LogP) is 6.02. The van der Waals surface area contributed by atoms with Crippen molar-refractivity contribution in [3.8, 4) is 17.1 Å². The molecule has 0 amide bonds. The molecule has 1 heterocycles. The molecule has 0 spiro atoms. The molecule has 0 radical (unpaired) electrons. The second-order valence-electron chi connectivity index (χ2n) is 6.94. The second-order valence-corrected chi connectivity index (χ2v) is 7.30. The van der Waals surface area contributed by atoms with Gasteiger partial charge < -0.3 is 9.30 Å². The smallest absolute Gasteiger partial charge is 0.169 e. The summed E-state index contributed by atoms with van der Waals surface area (Å²) in [5.41, 5.74) is 1.55. The maximum Gasteiger partial charge on any atom is 0.169 e. The summed E-state index contributed by atoms with van der Waals surface area (Å²) in [6.07, 6.45) is 7.59. The molecule has 0 saturated carbocycles. The third-order valence-corrected chi connectivity index (χ3v) is 5.28. The number of aldehydes is 1. The van der Waals surface area contributed by atoms with Crippen LogP contribution in [0.2, 0.25) is 5.15 Å². The van der Waals surface area contributed by atoms with Crippen LogP contribution in [-0.4, -0.2) is 15.8 Å². The molecule has 0 N–H and O–H groups in total. The first kappa shape index (κ1) is 19.4. The van der Waals surface area contributed by atoms with Gasteiger partial charge in [0.1, 0.15) is 29.7 Å². The fraction of sp³-hybridized carbons (Fsp3) is 0.217. The molecule has 148 valence electrons. The van der Waals surface area contributed by atoms with Crippen molar-refractivity contribution < 1.29 is 13.9 Å². The van der Waals surface area contributed by atoms with Crippen LogP contribution in [0.25, 0.3) is 11.4 Å². The van der Waals surface area contributed by atoms with E-state index in [2.05, 4.69) is 11.1 Å². The number of hydrogen-bond acceptors (Lipinski definition) is 3. The highest BCUT2D eigenvalue weighted by Crippen LogP contribution is 2.34. The molecule has 4 nitrogen and oxygen atoms in total. The van der Waals surface area contributed by atoms with Crippen LogP contribution < -0.4 is 4.74 Å². The van der Waals surface area contributed by atoms with E-state index in [4.69, 9.17) is 16.3 Å². The van der Waals surface area contributed by atoms with Crippen molar-refractivity contribution in [1.82, 2.24) is 9.55 Å². The Bertz CT molecular complexity index is 1050. The van der Waals surface area contributed by atoms with Crippen molar-refractivity contribution in [2.75, 3.05) is 0 Å². The monoisotopic (exact) mass is 410 g/mol. The number of allylic oxidation sites excluding steroid dienone is 2. The summed E-state index contributed by atoms with van der Waals surface area (Å²) in [6, 6.07) is 14.3. The number of benzene rings is 2. The Kier molecular flexibility index (Phi) is 5.76. The number of ether oxygens (including phenoxy) is 1. The molecule has 1 aromatic heterocycles. The summed E-state index contributed by atoms with van der Waals surface area (Å²) >= 11 is 6.19. The van der Waals surface area contributed by atoms with Gasteiger partial charge in [0.05, 0.1) is 11.6 Å². The largest absolute Gasteiger partial charge is 0.489 e. The third-order valence-electron chi connectivity index (χ3n) is 5.01. The Morgan fingerprint density at radius 2 is 2.07 bits per heavy atom. The van der Waals surface area contributed by atoms with Crippen molar-refractivity contribution in [3.63, 3.8) is 0 Å². The van der Waals surface area contributed by atoms with Crippen LogP contribution in [0, 0.1) is 5.82 Å². The SMILES string of the molecule is O=Cc1c(Cl)nc(-c2ccc(OCc3ccccc3)cc2F)n1C1C=CCCC1. The van der Waals surface area contributed by atoms with Crippen LogP contribution in [-0.2, 0) is 6.61 Å². The highest BCUT2D eigenvalue weighted by molar-refractivity contribution is 6.31. The van der Waals surface area contributed by atoms with Gasteiger partial charge in [0.15, 0.2) is 11.4 Å². The maximum atomic E-state index is 15.0. The van der Waals surface area contributed by atoms with Gasteiger partial charge in [-0.2, -0.15) is 0 Å². The lowest BCUT2D eigenvalue weighted by atomic mass is 10.0. The zero-order valence-electron chi connectivity index (χ0n) is 15.7. The van der Waals surface area contributed by atoms with Crippen molar-refractivity contribution in [1.29, 1.82) is 0 Å². The quantitative estimate of drug-likeness (QED) is 0.369. The number of halogens is 2. The first-order valence-corrected chi connectivity index (χ1v) is 9.91. The summed E-state index contributed by atoms with van der Waals surface area (Å²) in [5, 5.41) is 0.0813. The minimum atomic E-state index is -0.476. The lowest BCUT2D eigenvalue weighted by Crippen LogP contribution is -2.13. The highest BCUT2D eigenvalue weighted by atomic mass is 35.5. The number of carbonyl (C=O) groups excluding carboxylic acids is 1. The Morgan fingerprint density at radius 3 is 2.76 bits per heavy atom. The zero-order chi connectivity index (χ0) is 20.2. The summed E-state index contributed by atoms with van der Waals surface area (Å²) in [5.74, 6) is 0.295. The van der Waals surface area contributed by atoms with Crippen molar-refractivity contribution >= 4 is 17.9 Å². The Hall–Kier alpha value is -2.92. The molecule has 4 rings (SSSR count). The molecule has 0 bridgehead atoms. The van der Waals surface area contributed by atoms with Crippen LogP contribution in [0.3, 0.4) is 0 Å². The van der Waals surface area contributed by atoms with Gasteiger partial charge in [0.2, 0.25) is 0 Å². The average molecular weight is 411 g/mol. The number of rotatable bonds is 6. The van der Waals surface area contributed by atoms with Crippen molar-refractivity contribution in [2.24, 2.45) is 0 Å². The number of nitrogens with zero attached hydrogens (tertiary/aromatic N) is 2. The summed E-state index contributed by atoms with van der Waals surface area (Å²) in [7, 11) is 0. The van der Waals surface area contributed by atoms with E-state index in [-0.39, 0.29) is 22.5 Å². The van der Waals surface area contributed by atoms with Gasteiger partial charge in [-0.25, -0.2) is 9.37 Å². The summed E-state index contributed by atoms with van der Waals surface area (Å²) in [4.78, 5) is 15.9. The second kappa shape index (κ2) is 8.62. The first-order valence-electron chi connectivity index (χ1n) is 9.53. The number of carbonyl (C=O) groups is 1. The Balaban J connectivity index is 1.65. The molecule has 2 aromatic carbocycles. The lowest BCUT2D eigenvalue weighted by molar-refractivity contribution is 0.111. The summed E-state index contributed by atoms with van der Waals surface area (Å²) < 4.78 is 22.4. The lowest BCUT2D eigenvalue weighted by Gasteiger charge is -2.21. The third kappa shape index (κ3) is 4.10. The van der Waals surface area contributed by atoms with E-state index in [1.54, 1.807) is 16.7 Å². The molecule has 3 aromatic rings. The van der Waals surface area contributed by atoms with E-state index < -0.39 is 5.82 Å². The molecule has 6 heteroatoms. The van der Waals surface area contributed by atoms with Gasteiger partial charge in [-0.1, -0.05) is 54.1 Å². The molecule has 0 aliphatic heterocycles. The van der Waals surface area contributed by atoms with E-state index in [9.17, 15) is 9.18 Å². The minimum absolute atomic E-state index is 0.0765. The van der Waals surface area contributed by atoms with Gasteiger partial charge in [-0.3, -0.25) is 4.79 Å². The van der Waals surface area contributed by atoms with Gasteiger partial charge >= 0.3 is 0 Å². The fourth-order valence-electron chi connectivity index (χ4n) is 3.57. The molecular weight excluding hydrogens is 391 g/mol. The average Bonchev–Trinajstić information content (AvgIpc) is 3.09. The van der Waals surface area contributed by atoms with Crippen LogP contribution in [0.5, 0.6) is 5.75 Å². The molecule has 1 aliphatic carbocycles. The minimum Gasteiger partial charge on any atom is -0.489 e. The van der Waals surface area contributed by atoms with Crippen LogP contribution in [0.15, 0.2) is 60.7 Å². The molecule has 1 aliphatic rings. The molecule has 1 atom stereocenters. The highest BCUT2D eigenvalue weighted by Gasteiger charge is 2.24. The standard InChI is InChI=1S/C23H20ClFN2O2/c24-22-21(14-28)27(17-9-5-2-6-10-17)23(26-22)19-12-11-18(13-20(19)25)29-15-16-7-3-1-4-8-16/h1,3-5,7-9,11-14,17H,2,6,10,15H2. The van der Waals surface area contributed by atoms with E-state index in [1.807, 2.05) is 36.4 Å². The fourth-order valence-corrected chi connectivity index (χ4v) is 3.78. The van der Waals surface area contributed by atoms with E-state index in [0.717, 1.165) is 24.8 Å². The van der Waals surface area contributed by atoms with Crippen molar-refractivity contribution in [2.45, 2.75) is 31.9 Å². The maximum absolute atomic E-state index is 15.0. The number of hydrogen-bond donors (Lipinski definition) is 0. The topological polar surface area (TPSA) is 44.1 Å².